The molecule has 1 unspecified atom stereocenters. The molecule has 0 N–H and O–H groups in total. The molecule has 2 heterocycles. The third-order valence-corrected chi connectivity index (χ3v) is 4.87. The van der Waals surface area contributed by atoms with Crippen LogP contribution < -0.4 is 9.47 Å². The van der Waals surface area contributed by atoms with Crippen molar-refractivity contribution < 1.29 is 14.3 Å². The number of nitrogens with zero attached hydrogens (tertiary/aromatic N) is 3. The van der Waals surface area contributed by atoms with Crippen LogP contribution in [0.25, 0.3) is 0 Å². The van der Waals surface area contributed by atoms with Crippen molar-refractivity contribution in [2.75, 3.05) is 19.7 Å². The zero-order valence-electron chi connectivity index (χ0n) is 17.1. The first-order valence-corrected chi connectivity index (χ1v) is 9.90. The molecule has 2 aromatic rings. The van der Waals surface area contributed by atoms with Crippen LogP contribution in [0.1, 0.15) is 49.7 Å². The van der Waals surface area contributed by atoms with Crippen molar-refractivity contribution in [2.24, 2.45) is 0 Å². The molecule has 0 spiro atoms. The van der Waals surface area contributed by atoms with Gasteiger partial charge in [-0.15, -0.1) is 0 Å². The highest BCUT2D eigenvalue weighted by atomic mass is 16.5. The molecule has 1 amide bonds. The van der Waals surface area contributed by atoms with Gasteiger partial charge in [0.2, 0.25) is 5.88 Å². The summed E-state index contributed by atoms with van der Waals surface area (Å²) < 4.78 is 11.7. The molecule has 28 heavy (non-hydrogen) atoms. The molecule has 0 radical (unpaired) electrons. The number of carbonyl (C=O) groups is 1. The van der Waals surface area contributed by atoms with Gasteiger partial charge in [0.05, 0.1) is 6.54 Å². The van der Waals surface area contributed by atoms with Crippen molar-refractivity contribution >= 4 is 5.91 Å². The number of rotatable bonds is 6. The summed E-state index contributed by atoms with van der Waals surface area (Å²) in [4.78, 5) is 23.0. The van der Waals surface area contributed by atoms with Crippen LogP contribution in [0.5, 0.6) is 11.6 Å². The van der Waals surface area contributed by atoms with Crippen molar-refractivity contribution in [3.63, 3.8) is 0 Å². The first-order valence-electron chi connectivity index (χ1n) is 9.90. The van der Waals surface area contributed by atoms with Crippen LogP contribution in [0.3, 0.4) is 0 Å². The summed E-state index contributed by atoms with van der Waals surface area (Å²) in [5, 5.41) is 0. The Kier molecular flexibility index (Phi) is 6.49. The monoisotopic (exact) mass is 383 g/mol. The number of aryl methyl sites for hydroxylation is 2. The van der Waals surface area contributed by atoms with E-state index in [1.165, 1.54) is 5.56 Å². The van der Waals surface area contributed by atoms with Gasteiger partial charge in [-0.3, -0.25) is 4.79 Å². The third kappa shape index (κ3) is 5.44. The predicted molar refractivity (Wildman–Crippen MR) is 108 cm³/mol. The Labute approximate surface area is 166 Å². The first-order chi connectivity index (χ1) is 13.4. The maximum Gasteiger partial charge on any atom is 0.260 e. The van der Waals surface area contributed by atoms with Gasteiger partial charge in [0, 0.05) is 18.3 Å². The lowest BCUT2D eigenvalue weighted by molar-refractivity contribution is -0.136. The van der Waals surface area contributed by atoms with E-state index in [4.69, 9.17) is 9.47 Å². The van der Waals surface area contributed by atoms with Gasteiger partial charge in [-0.25, -0.2) is 4.98 Å². The molecule has 6 nitrogen and oxygen atoms in total. The quantitative estimate of drug-likeness (QED) is 0.762. The maximum absolute atomic E-state index is 12.6. The van der Waals surface area contributed by atoms with Crippen LogP contribution in [-0.4, -0.2) is 46.6 Å². The van der Waals surface area contributed by atoms with Gasteiger partial charge in [0.15, 0.2) is 6.61 Å². The number of aromatic nitrogens is 2. The lowest BCUT2D eigenvalue weighted by Crippen LogP contribution is -2.46. The Morgan fingerprint density at radius 1 is 1.21 bits per heavy atom. The van der Waals surface area contributed by atoms with Crippen molar-refractivity contribution in [1.82, 2.24) is 14.9 Å². The summed E-state index contributed by atoms with van der Waals surface area (Å²) in [6.07, 6.45) is 1.75. The lowest BCUT2D eigenvalue weighted by atomic mass is 10.0. The third-order valence-electron chi connectivity index (χ3n) is 4.87. The van der Waals surface area contributed by atoms with E-state index in [2.05, 4.69) is 23.8 Å². The second-order valence-electron chi connectivity index (χ2n) is 7.63. The van der Waals surface area contributed by atoms with Crippen LogP contribution >= 0.6 is 0 Å². The molecule has 0 aliphatic carbocycles. The van der Waals surface area contributed by atoms with Crippen molar-refractivity contribution in [2.45, 2.75) is 52.6 Å². The topological polar surface area (TPSA) is 64.5 Å². The van der Waals surface area contributed by atoms with Crippen molar-refractivity contribution in [3.05, 3.63) is 47.4 Å². The summed E-state index contributed by atoms with van der Waals surface area (Å²) in [5.74, 6) is 2.44. The minimum atomic E-state index is -0.0586. The van der Waals surface area contributed by atoms with E-state index >= 15 is 0 Å². The fourth-order valence-corrected chi connectivity index (χ4v) is 3.36. The van der Waals surface area contributed by atoms with Gasteiger partial charge < -0.3 is 14.4 Å². The summed E-state index contributed by atoms with van der Waals surface area (Å²) in [6.45, 7) is 9.40. The van der Waals surface area contributed by atoms with E-state index in [-0.39, 0.29) is 18.6 Å². The number of likely N-dealkylation sites (tertiary alicyclic amines) is 1. The summed E-state index contributed by atoms with van der Waals surface area (Å²) in [5.41, 5.74) is 2.13. The molecular formula is C22H29N3O3. The Bertz CT molecular complexity index is 785. The SMILES string of the molecule is Cc1cc(OC2CCCN(C(=O)COc3ccc(C(C)C)cc3)C2)nc(C)n1. The minimum Gasteiger partial charge on any atom is -0.484 e. The number of hydrogen-bond acceptors (Lipinski definition) is 5. The Balaban J connectivity index is 1.52. The zero-order chi connectivity index (χ0) is 20.1. The number of amides is 1. The Hall–Kier alpha value is -2.63. The van der Waals surface area contributed by atoms with Crippen LogP contribution in [-0.2, 0) is 4.79 Å². The van der Waals surface area contributed by atoms with Crippen LogP contribution in [0.15, 0.2) is 30.3 Å². The minimum absolute atomic E-state index is 0.0173. The second-order valence-corrected chi connectivity index (χ2v) is 7.63. The van der Waals surface area contributed by atoms with Gasteiger partial charge >= 0.3 is 0 Å². The highest BCUT2D eigenvalue weighted by Crippen LogP contribution is 2.20. The average molecular weight is 383 g/mol. The van der Waals surface area contributed by atoms with Gasteiger partial charge in [-0.2, -0.15) is 4.98 Å². The Morgan fingerprint density at radius 3 is 2.64 bits per heavy atom. The molecule has 3 rings (SSSR count). The normalized spacial score (nSPS) is 16.9. The average Bonchev–Trinajstić information content (AvgIpc) is 2.66. The van der Waals surface area contributed by atoms with Gasteiger partial charge in [0.25, 0.3) is 5.91 Å². The first kappa shape index (κ1) is 20.1. The molecule has 1 fully saturated rings. The molecule has 6 heteroatoms. The standard InChI is InChI=1S/C22H29N3O3/c1-15(2)18-7-9-19(10-8-18)27-14-22(26)25-11-5-6-20(13-25)28-21-12-16(3)23-17(4)24-21/h7-10,12,15,20H,5-6,11,13-14H2,1-4H3. The highest BCUT2D eigenvalue weighted by Gasteiger charge is 2.25. The fraction of sp³-hybridized carbons (Fsp3) is 0.500. The lowest BCUT2D eigenvalue weighted by Gasteiger charge is -2.32. The largest absolute Gasteiger partial charge is 0.484 e. The highest BCUT2D eigenvalue weighted by molar-refractivity contribution is 5.77. The van der Waals surface area contributed by atoms with E-state index < -0.39 is 0 Å². The van der Waals surface area contributed by atoms with Crippen molar-refractivity contribution in [3.8, 4) is 11.6 Å². The van der Waals surface area contributed by atoms with Crippen LogP contribution in [0.4, 0.5) is 0 Å². The number of ether oxygens (including phenoxy) is 2. The number of hydrogen-bond donors (Lipinski definition) is 0. The molecule has 1 aliphatic heterocycles. The predicted octanol–water partition coefficient (Wildman–Crippen LogP) is 3.67. The van der Waals surface area contributed by atoms with Crippen LogP contribution in [0.2, 0.25) is 0 Å². The molecule has 0 bridgehead atoms. The summed E-state index contributed by atoms with van der Waals surface area (Å²) >= 11 is 0. The van der Waals surface area contributed by atoms with E-state index in [9.17, 15) is 4.79 Å². The van der Waals surface area contributed by atoms with E-state index in [1.807, 2.05) is 49.1 Å². The zero-order valence-corrected chi connectivity index (χ0v) is 17.1. The van der Waals surface area contributed by atoms with Gasteiger partial charge in [0.1, 0.15) is 17.7 Å². The molecule has 1 atom stereocenters. The molecule has 1 saturated heterocycles. The van der Waals surface area contributed by atoms with Gasteiger partial charge in [-0.05, 0) is 50.3 Å². The molecule has 1 aromatic heterocycles. The van der Waals surface area contributed by atoms with Gasteiger partial charge in [-0.1, -0.05) is 26.0 Å². The number of piperidine rings is 1. The second kappa shape index (κ2) is 9.04. The fourth-order valence-electron chi connectivity index (χ4n) is 3.36. The number of benzene rings is 1. The summed E-state index contributed by atoms with van der Waals surface area (Å²) in [6, 6.07) is 9.76. The smallest absolute Gasteiger partial charge is 0.260 e. The Morgan fingerprint density at radius 2 is 1.96 bits per heavy atom. The van der Waals surface area contributed by atoms with E-state index in [0.29, 0.717) is 24.2 Å². The van der Waals surface area contributed by atoms with Crippen LogP contribution in [0, 0.1) is 13.8 Å². The molecule has 0 saturated carbocycles. The molecule has 1 aromatic carbocycles. The maximum atomic E-state index is 12.6. The molecule has 1 aliphatic rings. The number of carbonyl (C=O) groups excluding carboxylic acids is 1. The van der Waals surface area contributed by atoms with E-state index in [0.717, 1.165) is 30.8 Å². The van der Waals surface area contributed by atoms with Crippen molar-refractivity contribution in [1.29, 1.82) is 0 Å². The van der Waals surface area contributed by atoms with E-state index in [1.54, 1.807) is 0 Å². The molecular weight excluding hydrogens is 354 g/mol. The summed E-state index contributed by atoms with van der Waals surface area (Å²) in [7, 11) is 0. The molecule has 150 valence electrons.